The van der Waals surface area contributed by atoms with Gasteiger partial charge in [-0.3, -0.25) is 4.79 Å². The van der Waals surface area contributed by atoms with Gasteiger partial charge in [-0.1, -0.05) is 0 Å². The van der Waals surface area contributed by atoms with Gasteiger partial charge in [-0.05, 0) is 55.5 Å². The molecule has 0 spiro atoms. The van der Waals surface area contributed by atoms with Gasteiger partial charge in [0.25, 0.3) is 0 Å². The molecule has 2 aromatic rings. The summed E-state index contributed by atoms with van der Waals surface area (Å²) < 4.78 is 4.91. The van der Waals surface area contributed by atoms with E-state index < -0.39 is 0 Å². The van der Waals surface area contributed by atoms with Gasteiger partial charge in [0.15, 0.2) is 0 Å². The largest absolute Gasteiger partial charge is 0.462 e. The van der Waals surface area contributed by atoms with Crippen LogP contribution in [0.15, 0.2) is 48.5 Å². The van der Waals surface area contributed by atoms with Crippen LogP contribution >= 0.6 is 0 Å². The number of carbonyl (C=O) groups excluding carboxylic acids is 2. The first-order chi connectivity index (χ1) is 11.6. The molecule has 0 atom stereocenters. The van der Waals surface area contributed by atoms with Crippen LogP contribution in [0.2, 0.25) is 0 Å². The third-order valence-electron chi connectivity index (χ3n) is 3.15. The van der Waals surface area contributed by atoms with E-state index in [0.29, 0.717) is 23.4 Å². The number of rotatable bonds is 6. The zero-order valence-corrected chi connectivity index (χ0v) is 13.2. The second-order valence-electron chi connectivity index (χ2n) is 4.89. The smallest absolute Gasteiger partial charge is 0.338 e. The Morgan fingerprint density at radius 2 is 1.67 bits per heavy atom. The van der Waals surface area contributed by atoms with Gasteiger partial charge in [-0.25, -0.2) is 4.79 Å². The van der Waals surface area contributed by atoms with Crippen LogP contribution in [0.25, 0.3) is 0 Å². The van der Waals surface area contributed by atoms with Gasteiger partial charge in [-0.15, -0.1) is 0 Å². The summed E-state index contributed by atoms with van der Waals surface area (Å²) in [6, 6.07) is 15.3. The van der Waals surface area contributed by atoms with Crippen LogP contribution in [-0.2, 0) is 9.53 Å². The number of carbonyl (C=O) groups is 2. The van der Waals surface area contributed by atoms with Gasteiger partial charge in [0, 0.05) is 11.4 Å². The van der Waals surface area contributed by atoms with Crippen molar-refractivity contribution in [1.29, 1.82) is 5.26 Å². The lowest BCUT2D eigenvalue weighted by Crippen LogP contribution is -2.21. The fourth-order valence-corrected chi connectivity index (χ4v) is 1.95. The van der Waals surface area contributed by atoms with E-state index in [-0.39, 0.29) is 18.4 Å². The summed E-state index contributed by atoms with van der Waals surface area (Å²) in [5.41, 5.74) is 2.34. The molecule has 0 bridgehead atoms. The minimum Gasteiger partial charge on any atom is -0.462 e. The third-order valence-corrected chi connectivity index (χ3v) is 3.15. The molecule has 0 saturated heterocycles. The second kappa shape index (κ2) is 8.34. The lowest BCUT2D eigenvalue weighted by molar-refractivity contribution is -0.114. The monoisotopic (exact) mass is 323 g/mol. The maximum absolute atomic E-state index is 11.9. The molecule has 2 aromatic carbocycles. The normalized spacial score (nSPS) is 9.67. The van der Waals surface area contributed by atoms with Gasteiger partial charge in [0.2, 0.25) is 5.91 Å². The van der Waals surface area contributed by atoms with Crippen LogP contribution in [0.1, 0.15) is 22.8 Å². The highest BCUT2D eigenvalue weighted by Gasteiger charge is 2.06. The van der Waals surface area contributed by atoms with Crippen LogP contribution in [0.3, 0.4) is 0 Å². The summed E-state index contributed by atoms with van der Waals surface area (Å²) in [7, 11) is 0. The van der Waals surface area contributed by atoms with Crippen molar-refractivity contribution in [2.45, 2.75) is 6.92 Å². The van der Waals surface area contributed by atoms with E-state index in [9.17, 15) is 9.59 Å². The Kier molecular flexibility index (Phi) is 5.92. The van der Waals surface area contributed by atoms with Crippen LogP contribution in [0, 0.1) is 11.3 Å². The summed E-state index contributed by atoms with van der Waals surface area (Å²) in [5.74, 6) is -0.586. The molecule has 0 aliphatic rings. The Bertz CT molecular complexity index is 747. The van der Waals surface area contributed by atoms with Crippen molar-refractivity contribution >= 4 is 23.3 Å². The van der Waals surface area contributed by atoms with Gasteiger partial charge < -0.3 is 15.4 Å². The summed E-state index contributed by atoms with van der Waals surface area (Å²) in [6.45, 7) is 2.16. The number of nitrogens with one attached hydrogen (secondary N) is 2. The fourth-order valence-electron chi connectivity index (χ4n) is 1.95. The van der Waals surface area contributed by atoms with E-state index in [1.165, 1.54) is 0 Å². The maximum Gasteiger partial charge on any atom is 0.338 e. The lowest BCUT2D eigenvalue weighted by Gasteiger charge is -2.08. The first kappa shape index (κ1) is 17.0. The van der Waals surface area contributed by atoms with E-state index in [2.05, 4.69) is 10.6 Å². The molecule has 0 heterocycles. The SMILES string of the molecule is CCOC(=O)c1ccc(NCC(=O)Nc2ccc(C#N)cc2)cc1. The molecule has 2 N–H and O–H groups in total. The van der Waals surface area contributed by atoms with E-state index in [1.54, 1.807) is 55.5 Å². The maximum atomic E-state index is 11.9. The highest BCUT2D eigenvalue weighted by molar-refractivity contribution is 5.94. The average Bonchev–Trinajstić information content (AvgIpc) is 2.61. The summed E-state index contributed by atoms with van der Waals surface area (Å²) in [5, 5.41) is 14.4. The molecule has 0 aliphatic carbocycles. The predicted molar refractivity (Wildman–Crippen MR) is 90.7 cm³/mol. The number of benzene rings is 2. The van der Waals surface area contributed by atoms with E-state index in [4.69, 9.17) is 10.00 Å². The third kappa shape index (κ3) is 4.85. The van der Waals surface area contributed by atoms with Crippen LogP contribution in [0.5, 0.6) is 0 Å². The lowest BCUT2D eigenvalue weighted by atomic mass is 10.2. The van der Waals surface area contributed by atoms with Crippen molar-refractivity contribution < 1.29 is 14.3 Å². The highest BCUT2D eigenvalue weighted by atomic mass is 16.5. The van der Waals surface area contributed by atoms with E-state index in [0.717, 1.165) is 5.69 Å². The molecule has 0 fully saturated rings. The van der Waals surface area contributed by atoms with E-state index >= 15 is 0 Å². The Morgan fingerprint density at radius 3 is 2.25 bits per heavy atom. The summed E-state index contributed by atoms with van der Waals surface area (Å²) in [6.07, 6.45) is 0. The molecule has 122 valence electrons. The number of anilines is 2. The molecule has 0 aliphatic heterocycles. The molecule has 0 radical (unpaired) electrons. The number of amides is 1. The number of esters is 1. The van der Waals surface area contributed by atoms with Crippen LogP contribution in [0.4, 0.5) is 11.4 Å². The highest BCUT2D eigenvalue weighted by Crippen LogP contribution is 2.11. The van der Waals surface area contributed by atoms with Gasteiger partial charge in [-0.2, -0.15) is 5.26 Å². The zero-order chi connectivity index (χ0) is 17.4. The van der Waals surface area contributed by atoms with Crippen molar-refractivity contribution in [2.75, 3.05) is 23.8 Å². The minimum absolute atomic E-state index is 0.0821. The number of hydrogen-bond donors (Lipinski definition) is 2. The summed E-state index contributed by atoms with van der Waals surface area (Å²) >= 11 is 0. The Labute approximate surface area is 140 Å². The van der Waals surface area contributed by atoms with Crippen LogP contribution in [-0.4, -0.2) is 25.0 Å². The molecule has 24 heavy (non-hydrogen) atoms. The molecule has 6 nitrogen and oxygen atoms in total. The number of hydrogen-bond acceptors (Lipinski definition) is 5. The Hall–Kier alpha value is -3.33. The summed E-state index contributed by atoms with van der Waals surface area (Å²) in [4.78, 5) is 23.4. The second-order valence-corrected chi connectivity index (χ2v) is 4.89. The Balaban J connectivity index is 1.85. The number of ether oxygens (including phenoxy) is 1. The Morgan fingerprint density at radius 1 is 1.04 bits per heavy atom. The first-order valence-corrected chi connectivity index (χ1v) is 7.43. The molecule has 0 saturated carbocycles. The zero-order valence-electron chi connectivity index (χ0n) is 13.2. The molecule has 2 rings (SSSR count). The van der Waals surface area contributed by atoms with Crippen molar-refractivity contribution in [3.8, 4) is 6.07 Å². The van der Waals surface area contributed by atoms with Crippen molar-refractivity contribution in [2.24, 2.45) is 0 Å². The minimum atomic E-state index is -0.373. The molecule has 1 amide bonds. The molecular weight excluding hydrogens is 306 g/mol. The average molecular weight is 323 g/mol. The topological polar surface area (TPSA) is 91.2 Å². The molecule has 0 aromatic heterocycles. The van der Waals surface area contributed by atoms with Crippen LogP contribution < -0.4 is 10.6 Å². The van der Waals surface area contributed by atoms with Gasteiger partial charge >= 0.3 is 5.97 Å². The van der Waals surface area contributed by atoms with Crippen molar-refractivity contribution in [3.05, 3.63) is 59.7 Å². The standard InChI is InChI=1S/C18H17N3O3/c1-2-24-18(23)14-5-9-15(10-6-14)20-12-17(22)21-16-7-3-13(11-19)4-8-16/h3-10,20H,2,12H2,1H3,(H,21,22). The van der Waals surface area contributed by atoms with Crippen molar-refractivity contribution in [3.63, 3.8) is 0 Å². The van der Waals surface area contributed by atoms with E-state index in [1.807, 2.05) is 6.07 Å². The molecule has 6 heteroatoms. The van der Waals surface area contributed by atoms with Gasteiger partial charge in [0.1, 0.15) is 0 Å². The van der Waals surface area contributed by atoms with Crippen molar-refractivity contribution in [1.82, 2.24) is 0 Å². The predicted octanol–water partition coefficient (Wildman–Crippen LogP) is 2.79. The number of nitriles is 1. The fraction of sp³-hybridized carbons (Fsp3) is 0.167. The molecular formula is C18H17N3O3. The quantitative estimate of drug-likeness (QED) is 0.798. The van der Waals surface area contributed by atoms with Gasteiger partial charge in [0.05, 0.1) is 30.3 Å². The number of nitrogens with zero attached hydrogens (tertiary/aromatic N) is 1. The molecule has 0 unspecified atom stereocenters. The first-order valence-electron chi connectivity index (χ1n) is 7.43.